The van der Waals surface area contributed by atoms with Gasteiger partial charge >= 0.3 is 5.97 Å². The lowest BCUT2D eigenvalue weighted by atomic mass is 9.96. The Morgan fingerprint density at radius 3 is 2.15 bits per heavy atom. The summed E-state index contributed by atoms with van der Waals surface area (Å²) in [6.45, 7) is 7.95. The van der Waals surface area contributed by atoms with Gasteiger partial charge in [0.25, 0.3) is 0 Å². The lowest BCUT2D eigenvalue weighted by molar-refractivity contribution is -0.158. The highest BCUT2D eigenvalue weighted by Gasteiger charge is 2.67. The number of hydrogen-bond donors (Lipinski definition) is 1. The Labute approximate surface area is 118 Å². The zero-order valence-corrected chi connectivity index (χ0v) is 12.6. The van der Waals surface area contributed by atoms with E-state index in [0.29, 0.717) is 13.1 Å². The average Bonchev–Trinajstić information content (AvgIpc) is 2.89. The summed E-state index contributed by atoms with van der Waals surface area (Å²) in [7, 11) is 1.72. The lowest BCUT2D eigenvalue weighted by Crippen LogP contribution is -2.64. The number of carboxylic acid groups (broad SMARTS) is 1. The molecule has 1 N–H and O–H groups in total. The quantitative estimate of drug-likeness (QED) is 0.796. The predicted octanol–water partition coefficient (Wildman–Crippen LogP) is 0.422. The molecule has 0 spiro atoms. The number of piperazine rings is 1. The van der Waals surface area contributed by atoms with E-state index >= 15 is 0 Å². The molecule has 1 aliphatic heterocycles. The van der Waals surface area contributed by atoms with Gasteiger partial charge in [0.1, 0.15) is 5.54 Å². The van der Waals surface area contributed by atoms with Gasteiger partial charge < -0.3 is 14.9 Å². The van der Waals surface area contributed by atoms with Gasteiger partial charge in [-0.25, -0.2) is 0 Å². The highest BCUT2D eigenvalue weighted by Crippen LogP contribution is 2.59. The van der Waals surface area contributed by atoms with Crippen LogP contribution in [0.1, 0.15) is 27.7 Å². The van der Waals surface area contributed by atoms with Crippen LogP contribution in [-0.2, 0) is 14.4 Å². The Hall–Kier alpha value is -1.59. The van der Waals surface area contributed by atoms with Crippen LogP contribution in [0.5, 0.6) is 0 Å². The van der Waals surface area contributed by atoms with Crippen molar-refractivity contribution in [2.24, 2.45) is 17.3 Å². The largest absolute Gasteiger partial charge is 0.481 e. The Morgan fingerprint density at radius 2 is 1.70 bits per heavy atom. The predicted molar refractivity (Wildman–Crippen MR) is 71.8 cm³/mol. The molecule has 6 heteroatoms. The third kappa shape index (κ3) is 1.89. The summed E-state index contributed by atoms with van der Waals surface area (Å²) >= 11 is 0. The third-order valence-electron chi connectivity index (χ3n) is 4.83. The van der Waals surface area contributed by atoms with Crippen LogP contribution < -0.4 is 0 Å². The zero-order chi connectivity index (χ0) is 15.5. The molecule has 1 heterocycles. The van der Waals surface area contributed by atoms with Gasteiger partial charge in [0.2, 0.25) is 11.8 Å². The molecule has 2 atom stereocenters. The van der Waals surface area contributed by atoms with Gasteiger partial charge in [0.05, 0.1) is 11.8 Å². The van der Waals surface area contributed by atoms with Gasteiger partial charge in [-0.15, -0.1) is 0 Å². The standard InChI is InChI=1S/C14H22N2O4/c1-13(2)8(9(13)11(18)19)10(17)16-7-6-15(5)12(20)14(16,3)4/h8-9H,6-7H2,1-5H3,(H,18,19). The molecule has 2 aliphatic rings. The van der Waals surface area contributed by atoms with E-state index in [1.807, 2.05) is 0 Å². The minimum absolute atomic E-state index is 0.109. The van der Waals surface area contributed by atoms with E-state index in [1.54, 1.807) is 44.5 Å². The highest BCUT2D eigenvalue weighted by atomic mass is 16.4. The topological polar surface area (TPSA) is 77.9 Å². The molecule has 2 amide bonds. The Balaban J connectivity index is 2.23. The Bertz CT molecular complexity index is 484. The molecule has 0 radical (unpaired) electrons. The van der Waals surface area contributed by atoms with Gasteiger partial charge in [-0.1, -0.05) is 13.8 Å². The summed E-state index contributed by atoms with van der Waals surface area (Å²) in [5.41, 5.74) is -1.45. The molecule has 0 aromatic heterocycles. The molecule has 1 aliphatic carbocycles. The summed E-state index contributed by atoms with van der Waals surface area (Å²) in [5, 5.41) is 9.18. The van der Waals surface area contributed by atoms with Crippen LogP contribution in [0.4, 0.5) is 0 Å². The second-order valence-electron chi connectivity index (χ2n) is 6.89. The number of carboxylic acids is 1. The van der Waals surface area contributed by atoms with Crippen molar-refractivity contribution in [3.8, 4) is 0 Å². The van der Waals surface area contributed by atoms with Gasteiger partial charge in [-0.2, -0.15) is 0 Å². The smallest absolute Gasteiger partial charge is 0.307 e. The Kier molecular flexibility index (Phi) is 3.11. The van der Waals surface area contributed by atoms with E-state index in [-0.39, 0.29) is 11.8 Å². The van der Waals surface area contributed by atoms with Crippen molar-refractivity contribution >= 4 is 17.8 Å². The molecule has 0 aromatic rings. The van der Waals surface area contributed by atoms with E-state index in [0.717, 1.165) is 0 Å². The monoisotopic (exact) mass is 282 g/mol. The molecule has 1 saturated carbocycles. The van der Waals surface area contributed by atoms with E-state index in [9.17, 15) is 19.5 Å². The van der Waals surface area contributed by atoms with Crippen molar-refractivity contribution in [2.45, 2.75) is 33.2 Å². The van der Waals surface area contributed by atoms with Crippen molar-refractivity contribution in [1.29, 1.82) is 0 Å². The number of aliphatic carboxylic acids is 1. The van der Waals surface area contributed by atoms with Crippen LogP contribution in [-0.4, -0.2) is 58.4 Å². The van der Waals surface area contributed by atoms with E-state index in [1.165, 1.54) is 0 Å². The normalized spacial score (nSPS) is 31.1. The van der Waals surface area contributed by atoms with Crippen molar-refractivity contribution in [3.05, 3.63) is 0 Å². The fraction of sp³-hybridized carbons (Fsp3) is 0.786. The zero-order valence-electron chi connectivity index (χ0n) is 12.6. The van der Waals surface area contributed by atoms with Crippen molar-refractivity contribution in [3.63, 3.8) is 0 Å². The van der Waals surface area contributed by atoms with Crippen LogP contribution in [0, 0.1) is 17.3 Å². The second-order valence-corrected chi connectivity index (χ2v) is 6.89. The third-order valence-corrected chi connectivity index (χ3v) is 4.83. The van der Waals surface area contributed by atoms with Gasteiger partial charge in [-0.3, -0.25) is 14.4 Å². The van der Waals surface area contributed by atoms with Crippen LogP contribution in [0.25, 0.3) is 0 Å². The molecule has 1 saturated heterocycles. The van der Waals surface area contributed by atoms with Crippen LogP contribution in [0.15, 0.2) is 0 Å². The fourth-order valence-corrected chi connectivity index (χ4v) is 3.33. The second kappa shape index (κ2) is 4.20. The molecule has 0 bridgehead atoms. The van der Waals surface area contributed by atoms with Crippen molar-refractivity contribution in [1.82, 2.24) is 9.80 Å². The maximum absolute atomic E-state index is 12.7. The molecule has 0 aromatic carbocycles. The summed E-state index contributed by atoms with van der Waals surface area (Å²) < 4.78 is 0. The van der Waals surface area contributed by atoms with Crippen LogP contribution >= 0.6 is 0 Å². The number of amides is 2. The number of hydrogen-bond acceptors (Lipinski definition) is 3. The maximum atomic E-state index is 12.7. The van der Waals surface area contributed by atoms with Crippen molar-refractivity contribution < 1.29 is 19.5 Å². The van der Waals surface area contributed by atoms with Crippen LogP contribution in [0.2, 0.25) is 0 Å². The first-order chi connectivity index (χ1) is 9.02. The first-order valence-electron chi connectivity index (χ1n) is 6.82. The SMILES string of the molecule is CN1CCN(C(=O)C2C(C(=O)O)C2(C)C)C(C)(C)C1=O. The first-order valence-corrected chi connectivity index (χ1v) is 6.82. The number of likely N-dealkylation sites (N-methyl/N-ethyl adjacent to an activating group) is 1. The van der Waals surface area contributed by atoms with E-state index < -0.39 is 28.8 Å². The number of carbonyl (C=O) groups is 3. The van der Waals surface area contributed by atoms with Crippen molar-refractivity contribution in [2.75, 3.05) is 20.1 Å². The lowest BCUT2D eigenvalue weighted by Gasteiger charge is -2.45. The Morgan fingerprint density at radius 1 is 1.15 bits per heavy atom. The molecule has 20 heavy (non-hydrogen) atoms. The molecule has 2 rings (SSSR count). The summed E-state index contributed by atoms with van der Waals surface area (Å²) in [6.07, 6.45) is 0. The molecule has 112 valence electrons. The molecule has 2 fully saturated rings. The fourth-order valence-electron chi connectivity index (χ4n) is 3.33. The van der Waals surface area contributed by atoms with Gasteiger partial charge in [0.15, 0.2) is 0 Å². The first kappa shape index (κ1) is 14.8. The minimum Gasteiger partial charge on any atom is -0.481 e. The summed E-state index contributed by atoms with van der Waals surface area (Å²) in [5.74, 6) is -2.45. The van der Waals surface area contributed by atoms with Gasteiger partial charge in [-0.05, 0) is 19.3 Å². The van der Waals surface area contributed by atoms with E-state index in [4.69, 9.17) is 0 Å². The summed E-state index contributed by atoms with van der Waals surface area (Å²) in [6, 6.07) is 0. The number of nitrogens with zero attached hydrogens (tertiary/aromatic N) is 2. The maximum Gasteiger partial charge on any atom is 0.307 e. The summed E-state index contributed by atoms with van der Waals surface area (Å²) in [4.78, 5) is 39.2. The average molecular weight is 282 g/mol. The highest BCUT2D eigenvalue weighted by molar-refractivity contribution is 5.96. The molecule has 2 unspecified atom stereocenters. The van der Waals surface area contributed by atoms with E-state index in [2.05, 4.69) is 0 Å². The minimum atomic E-state index is -0.938. The van der Waals surface area contributed by atoms with Crippen LogP contribution in [0.3, 0.4) is 0 Å². The molecular weight excluding hydrogens is 260 g/mol. The molecule has 6 nitrogen and oxygen atoms in total. The number of rotatable bonds is 2. The number of carbonyl (C=O) groups excluding carboxylic acids is 2. The molecular formula is C14H22N2O4. The van der Waals surface area contributed by atoms with Gasteiger partial charge in [0, 0.05) is 20.1 Å².